The van der Waals surface area contributed by atoms with Crippen LogP contribution in [0.5, 0.6) is 11.5 Å². The Morgan fingerprint density at radius 2 is 1.42 bits per heavy atom. The number of benzene rings is 3. The number of hydrogen-bond donors (Lipinski definition) is 0. The summed E-state index contributed by atoms with van der Waals surface area (Å²) < 4.78 is 18.8. The van der Waals surface area contributed by atoms with E-state index in [0.29, 0.717) is 5.92 Å². The molecule has 0 aromatic heterocycles. The van der Waals surface area contributed by atoms with E-state index in [4.69, 9.17) is 13.9 Å². The Hall–Kier alpha value is -2.56. The van der Waals surface area contributed by atoms with E-state index < -0.39 is 8.32 Å². The van der Waals surface area contributed by atoms with Crippen molar-refractivity contribution in [2.24, 2.45) is 5.92 Å². The molecule has 0 aliphatic carbocycles. The van der Waals surface area contributed by atoms with Crippen LogP contribution in [0.2, 0.25) is 5.04 Å². The zero-order valence-electron chi connectivity index (χ0n) is 20.3. The van der Waals surface area contributed by atoms with Crippen LogP contribution in [-0.4, -0.2) is 28.1 Å². The van der Waals surface area contributed by atoms with Gasteiger partial charge in [0.15, 0.2) is 0 Å². The van der Waals surface area contributed by atoms with Gasteiger partial charge in [0.1, 0.15) is 11.5 Å². The quantitative estimate of drug-likeness (QED) is 0.421. The molecule has 3 nitrogen and oxygen atoms in total. The summed E-state index contributed by atoms with van der Waals surface area (Å²) >= 11 is 0. The lowest BCUT2D eigenvalue weighted by Crippen LogP contribution is -2.68. The third-order valence-electron chi connectivity index (χ3n) is 6.65. The van der Waals surface area contributed by atoms with Crippen molar-refractivity contribution < 1.29 is 13.9 Å². The summed E-state index contributed by atoms with van der Waals surface area (Å²) in [5, 5.41) is 2.49. The minimum Gasteiger partial charge on any atom is -0.534 e. The van der Waals surface area contributed by atoms with Gasteiger partial charge >= 0.3 is 8.32 Å². The Labute approximate surface area is 199 Å². The summed E-state index contributed by atoms with van der Waals surface area (Å²) in [4.78, 5) is 0. The summed E-state index contributed by atoms with van der Waals surface area (Å²) in [5.74, 6) is 2.42. The maximum atomic E-state index is 7.14. The van der Waals surface area contributed by atoms with Gasteiger partial charge in [-0.3, -0.25) is 0 Å². The van der Waals surface area contributed by atoms with E-state index in [-0.39, 0.29) is 5.04 Å². The standard InChI is InChI=1S/C29H36O3Si/c1-23-21-25(15-16-28(23)31-22-24-17-19-30-20-18-24)32-33(29(2,3)4,26-11-7-5-8-12-26)27-13-9-6-10-14-27/h5-16,21,24H,17-20,22H2,1-4H3. The van der Waals surface area contributed by atoms with E-state index in [1.807, 2.05) is 0 Å². The van der Waals surface area contributed by atoms with Crippen LogP contribution in [0.1, 0.15) is 39.2 Å². The molecule has 4 rings (SSSR count). The summed E-state index contributed by atoms with van der Waals surface area (Å²) in [6.07, 6.45) is 2.15. The van der Waals surface area contributed by atoms with E-state index in [0.717, 1.165) is 49.7 Å². The van der Waals surface area contributed by atoms with Crippen molar-refractivity contribution in [2.75, 3.05) is 19.8 Å². The molecule has 0 spiro atoms. The Morgan fingerprint density at radius 3 is 1.94 bits per heavy atom. The first-order valence-electron chi connectivity index (χ1n) is 12.0. The average Bonchev–Trinajstić information content (AvgIpc) is 2.83. The Morgan fingerprint density at radius 1 is 0.848 bits per heavy atom. The molecule has 0 bridgehead atoms. The average molecular weight is 461 g/mol. The molecule has 0 saturated carbocycles. The zero-order chi connectivity index (χ0) is 23.3. The van der Waals surface area contributed by atoms with Gasteiger partial charge in [0.05, 0.1) is 6.61 Å². The minimum absolute atomic E-state index is 0.0676. The van der Waals surface area contributed by atoms with Crippen molar-refractivity contribution in [3.05, 3.63) is 84.4 Å². The minimum atomic E-state index is -2.63. The van der Waals surface area contributed by atoms with E-state index in [1.54, 1.807) is 0 Å². The molecule has 33 heavy (non-hydrogen) atoms. The Kier molecular flexibility index (Phi) is 7.25. The van der Waals surface area contributed by atoms with Crippen molar-refractivity contribution >= 4 is 18.7 Å². The molecule has 1 heterocycles. The predicted molar refractivity (Wildman–Crippen MR) is 138 cm³/mol. The van der Waals surface area contributed by atoms with Crippen LogP contribution in [0.25, 0.3) is 0 Å². The second-order valence-corrected chi connectivity index (χ2v) is 14.3. The first-order valence-corrected chi connectivity index (χ1v) is 13.9. The number of hydrogen-bond acceptors (Lipinski definition) is 3. The summed E-state index contributed by atoms with van der Waals surface area (Å²) in [6.45, 7) is 11.5. The molecule has 1 aliphatic heterocycles. The summed E-state index contributed by atoms with van der Waals surface area (Å²) in [7, 11) is -2.63. The van der Waals surface area contributed by atoms with Crippen molar-refractivity contribution in [1.82, 2.24) is 0 Å². The first-order chi connectivity index (χ1) is 15.9. The molecule has 1 aliphatic rings. The third-order valence-corrected chi connectivity index (χ3v) is 11.6. The molecule has 4 heteroatoms. The second-order valence-electron chi connectivity index (χ2n) is 10.1. The van der Waals surface area contributed by atoms with Crippen LogP contribution in [0.15, 0.2) is 78.9 Å². The summed E-state index contributed by atoms with van der Waals surface area (Å²) in [5.41, 5.74) is 1.11. The van der Waals surface area contributed by atoms with Gasteiger partial charge in [-0.15, -0.1) is 0 Å². The highest BCUT2D eigenvalue weighted by atomic mass is 28.4. The van der Waals surface area contributed by atoms with Crippen LogP contribution < -0.4 is 19.5 Å². The van der Waals surface area contributed by atoms with Crippen molar-refractivity contribution in [2.45, 2.75) is 45.6 Å². The molecule has 0 unspecified atom stereocenters. The number of ether oxygens (including phenoxy) is 2. The lowest BCUT2D eigenvalue weighted by atomic mass is 10.0. The maximum absolute atomic E-state index is 7.14. The van der Waals surface area contributed by atoms with Gasteiger partial charge < -0.3 is 13.9 Å². The fourth-order valence-corrected chi connectivity index (χ4v) is 9.21. The van der Waals surface area contributed by atoms with Crippen molar-refractivity contribution in [3.63, 3.8) is 0 Å². The van der Waals surface area contributed by atoms with Crippen LogP contribution in [0.3, 0.4) is 0 Å². The van der Waals surface area contributed by atoms with Crippen molar-refractivity contribution in [1.29, 1.82) is 0 Å². The van der Waals surface area contributed by atoms with E-state index in [9.17, 15) is 0 Å². The third kappa shape index (κ3) is 5.18. The van der Waals surface area contributed by atoms with Crippen LogP contribution in [0, 0.1) is 12.8 Å². The van der Waals surface area contributed by atoms with Gasteiger partial charge in [-0.1, -0.05) is 81.4 Å². The molecule has 0 radical (unpaired) electrons. The van der Waals surface area contributed by atoms with E-state index in [1.165, 1.54) is 10.4 Å². The fourth-order valence-electron chi connectivity index (χ4n) is 4.79. The largest absolute Gasteiger partial charge is 0.534 e. The molecule has 0 N–H and O–H groups in total. The Balaban J connectivity index is 1.66. The summed E-state index contributed by atoms with van der Waals surface area (Å²) in [6, 6.07) is 27.8. The lowest BCUT2D eigenvalue weighted by molar-refractivity contribution is 0.0496. The molecule has 3 aromatic rings. The van der Waals surface area contributed by atoms with Crippen LogP contribution >= 0.6 is 0 Å². The van der Waals surface area contributed by atoms with Gasteiger partial charge in [0, 0.05) is 13.2 Å². The van der Waals surface area contributed by atoms with Gasteiger partial charge in [-0.2, -0.15) is 0 Å². The van der Waals surface area contributed by atoms with Gasteiger partial charge in [0.25, 0.3) is 0 Å². The molecule has 174 valence electrons. The first kappa shape index (κ1) is 23.6. The predicted octanol–water partition coefficient (Wildman–Crippen LogP) is 5.74. The fraction of sp³-hybridized carbons (Fsp3) is 0.379. The molecule has 3 aromatic carbocycles. The van der Waals surface area contributed by atoms with Crippen LogP contribution in [0.4, 0.5) is 0 Å². The molecule has 1 fully saturated rings. The highest BCUT2D eigenvalue weighted by Crippen LogP contribution is 2.38. The van der Waals surface area contributed by atoms with Gasteiger partial charge in [-0.05, 0) is 64.9 Å². The van der Waals surface area contributed by atoms with Crippen molar-refractivity contribution in [3.8, 4) is 11.5 Å². The zero-order valence-corrected chi connectivity index (χ0v) is 21.3. The number of rotatable bonds is 7. The lowest BCUT2D eigenvalue weighted by Gasteiger charge is -2.43. The van der Waals surface area contributed by atoms with E-state index in [2.05, 4.69) is 107 Å². The second kappa shape index (κ2) is 10.1. The smallest absolute Gasteiger partial charge is 0.319 e. The topological polar surface area (TPSA) is 27.7 Å². The Bertz CT molecular complexity index is 982. The highest BCUT2D eigenvalue weighted by Gasteiger charge is 2.52. The molecule has 0 atom stereocenters. The van der Waals surface area contributed by atoms with Crippen LogP contribution in [-0.2, 0) is 4.74 Å². The molecular weight excluding hydrogens is 424 g/mol. The molecule has 0 amide bonds. The monoisotopic (exact) mass is 460 g/mol. The van der Waals surface area contributed by atoms with Gasteiger partial charge in [-0.25, -0.2) is 0 Å². The molecular formula is C29H36O3Si. The molecule has 1 saturated heterocycles. The van der Waals surface area contributed by atoms with E-state index >= 15 is 0 Å². The van der Waals surface area contributed by atoms with Gasteiger partial charge in [0.2, 0.25) is 0 Å². The maximum Gasteiger partial charge on any atom is 0.319 e. The normalized spacial score (nSPS) is 15.3. The number of aryl methyl sites for hydroxylation is 1. The highest BCUT2D eigenvalue weighted by molar-refractivity contribution is 7.00. The SMILES string of the molecule is Cc1cc(O[Si](c2ccccc2)(c2ccccc2)C(C)(C)C)ccc1OCC1CCOCC1.